The molecular weight excluding hydrogens is 352 g/mol. The highest BCUT2D eigenvalue weighted by Gasteiger charge is 2.24. The lowest BCUT2D eigenvalue weighted by Crippen LogP contribution is -2.34. The summed E-state index contributed by atoms with van der Waals surface area (Å²) in [6, 6.07) is 3.90. The second-order valence-electron chi connectivity index (χ2n) is 7.61. The van der Waals surface area contributed by atoms with Crippen LogP contribution in [-0.4, -0.2) is 62.2 Å². The van der Waals surface area contributed by atoms with Gasteiger partial charge in [-0.05, 0) is 37.5 Å². The van der Waals surface area contributed by atoms with E-state index in [2.05, 4.69) is 20.1 Å². The smallest absolute Gasteiger partial charge is 0.127 e. The van der Waals surface area contributed by atoms with E-state index in [1.165, 1.54) is 12.1 Å². The highest BCUT2D eigenvalue weighted by molar-refractivity contribution is 5.18. The minimum atomic E-state index is -0.401. The average molecular weight is 377 g/mol. The Balaban J connectivity index is 1.29. The number of aromatic nitrogens is 3. The summed E-state index contributed by atoms with van der Waals surface area (Å²) in [5.41, 5.74) is 1.33. The fourth-order valence-electron chi connectivity index (χ4n) is 4.00. The summed E-state index contributed by atoms with van der Waals surface area (Å²) in [6.45, 7) is 4.36. The van der Waals surface area contributed by atoms with Crippen LogP contribution in [0.5, 0.6) is 0 Å². The van der Waals surface area contributed by atoms with Crippen LogP contribution >= 0.6 is 0 Å². The third-order valence-corrected chi connectivity index (χ3v) is 5.52. The molecule has 1 atom stereocenters. The summed E-state index contributed by atoms with van der Waals surface area (Å²) in [5, 5.41) is 18.2. The average Bonchev–Trinajstić information content (AvgIpc) is 3.28. The molecule has 6 nitrogen and oxygen atoms in total. The first kappa shape index (κ1) is 18.5. The van der Waals surface area contributed by atoms with Gasteiger partial charge in [-0.3, -0.25) is 9.80 Å². The summed E-state index contributed by atoms with van der Waals surface area (Å²) < 4.78 is 29.1. The van der Waals surface area contributed by atoms with Crippen LogP contribution in [0.15, 0.2) is 24.4 Å². The van der Waals surface area contributed by atoms with Crippen molar-refractivity contribution in [3.63, 3.8) is 0 Å². The zero-order valence-electron chi connectivity index (χ0n) is 15.3. The van der Waals surface area contributed by atoms with Crippen LogP contribution in [0.25, 0.3) is 0 Å². The molecule has 2 aliphatic heterocycles. The van der Waals surface area contributed by atoms with Gasteiger partial charge in [-0.15, -0.1) is 5.10 Å². The summed E-state index contributed by atoms with van der Waals surface area (Å²) >= 11 is 0. The molecule has 0 aliphatic carbocycles. The molecule has 0 bridgehead atoms. The van der Waals surface area contributed by atoms with Crippen molar-refractivity contribution in [2.24, 2.45) is 0 Å². The molecule has 0 amide bonds. The van der Waals surface area contributed by atoms with Crippen molar-refractivity contribution in [2.75, 3.05) is 26.2 Å². The van der Waals surface area contributed by atoms with Crippen LogP contribution in [0.1, 0.15) is 36.6 Å². The Morgan fingerprint density at radius 3 is 2.56 bits per heavy atom. The quantitative estimate of drug-likeness (QED) is 0.863. The van der Waals surface area contributed by atoms with E-state index in [0.717, 1.165) is 57.2 Å². The van der Waals surface area contributed by atoms with Crippen molar-refractivity contribution in [2.45, 2.75) is 44.5 Å². The van der Waals surface area contributed by atoms with Crippen molar-refractivity contribution >= 4 is 0 Å². The van der Waals surface area contributed by atoms with Gasteiger partial charge in [0.2, 0.25) is 0 Å². The van der Waals surface area contributed by atoms with Crippen LogP contribution in [-0.2, 0) is 13.1 Å². The number of nitrogens with zero attached hydrogens (tertiary/aromatic N) is 5. The normalized spacial score (nSPS) is 22.6. The van der Waals surface area contributed by atoms with Gasteiger partial charge in [0.05, 0.1) is 24.0 Å². The van der Waals surface area contributed by atoms with Crippen molar-refractivity contribution in [3.05, 3.63) is 47.3 Å². The molecule has 1 aromatic carbocycles. The lowest BCUT2D eigenvalue weighted by Gasteiger charge is -2.31. The molecule has 2 aromatic rings. The Morgan fingerprint density at radius 2 is 1.81 bits per heavy atom. The van der Waals surface area contributed by atoms with E-state index in [4.69, 9.17) is 0 Å². The maximum absolute atomic E-state index is 13.8. The fraction of sp³-hybridized carbons (Fsp3) is 0.579. The lowest BCUT2D eigenvalue weighted by molar-refractivity contribution is 0.170. The Bertz CT molecular complexity index is 775. The number of hydrogen-bond donors (Lipinski definition) is 1. The zero-order valence-corrected chi connectivity index (χ0v) is 15.3. The molecule has 2 aliphatic rings. The van der Waals surface area contributed by atoms with Crippen LogP contribution in [0.3, 0.4) is 0 Å². The number of aliphatic hydroxyl groups excluding tert-OH is 1. The van der Waals surface area contributed by atoms with E-state index in [9.17, 15) is 13.9 Å². The van der Waals surface area contributed by atoms with Crippen LogP contribution < -0.4 is 0 Å². The second kappa shape index (κ2) is 8.00. The molecule has 4 rings (SSSR count). The standard InChI is InChI=1S/C19H25F2N5O/c20-15-1-2-19(21)14(9-15)10-24-6-3-17(4-7-24)26-12-16(22-23-26)11-25-8-5-18(27)13-25/h1-2,9,12,17-18,27H,3-8,10-11,13H2/t18-/m0/s1. The fourth-order valence-corrected chi connectivity index (χ4v) is 4.00. The maximum Gasteiger partial charge on any atom is 0.127 e. The lowest BCUT2D eigenvalue weighted by atomic mass is 10.0. The number of aliphatic hydroxyl groups is 1. The summed E-state index contributed by atoms with van der Waals surface area (Å²) in [7, 11) is 0. The summed E-state index contributed by atoms with van der Waals surface area (Å²) in [4.78, 5) is 4.34. The van der Waals surface area contributed by atoms with E-state index in [-0.39, 0.29) is 18.0 Å². The molecule has 0 spiro atoms. The molecule has 8 heteroatoms. The second-order valence-corrected chi connectivity index (χ2v) is 7.61. The molecule has 1 aromatic heterocycles. The maximum atomic E-state index is 13.8. The van der Waals surface area contributed by atoms with Gasteiger partial charge >= 0.3 is 0 Å². The number of hydrogen-bond acceptors (Lipinski definition) is 5. The minimum Gasteiger partial charge on any atom is -0.392 e. The molecule has 27 heavy (non-hydrogen) atoms. The number of halogens is 2. The molecule has 146 valence electrons. The first-order valence-corrected chi connectivity index (χ1v) is 9.54. The minimum absolute atomic E-state index is 0.229. The monoisotopic (exact) mass is 377 g/mol. The number of rotatable bonds is 5. The predicted octanol–water partition coefficient (Wildman–Crippen LogP) is 1.96. The Labute approximate surface area is 157 Å². The first-order chi connectivity index (χ1) is 13.1. The van der Waals surface area contributed by atoms with Gasteiger partial charge < -0.3 is 5.11 Å². The van der Waals surface area contributed by atoms with Crippen LogP contribution in [0.4, 0.5) is 8.78 Å². The van der Waals surface area contributed by atoms with E-state index >= 15 is 0 Å². The highest BCUT2D eigenvalue weighted by atomic mass is 19.1. The molecule has 2 saturated heterocycles. The number of benzene rings is 1. The number of β-amino-alcohol motifs (C(OH)–C–C–N with tert-alkyl or cyclic N) is 1. The molecule has 0 unspecified atom stereocenters. The van der Waals surface area contributed by atoms with E-state index < -0.39 is 5.82 Å². The number of likely N-dealkylation sites (tertiary alicyclic amines) is 2. The Hall–Kier alpha value is -1.90. The molecule has 0 saturated carbocycles. The van der Waals surface area contributed by atoms with Gasteiger partial charge in [-0.2, -0.15) is 0 Å². The van der Waals surface area contributed by atoms with Gasteiger partial charge in [0.15, 0.2) is 0 Å². The molecule has 1 N–H and O–H groups in total. The van der Waals surface area contributed by atoms with Gasteiger partial charge in [-0.1, -0.05) is 5.21 Å². The van der Waals surface area contributed by atoms with Gasteiger partial charge in [0.25, 0.3) is 0 Å². The molecular formula is C19H25F2N5O. The number of piperidine rings is 1. The highest BCUT2D eigenvalue weighted by Crippen LogP contribution is 2.24. The van der Waals surface area contributed by atoms with Gasteiger partial charge in [0.1, 0.15) is 11.6 Å². The Kier molecular flexibility index (Phi) is 5.47. The summed E-state index contributed by atoms with van der Waals surface area (Å²) in [5.74, 6) is -0.756. The van der Waals surface area contributed by atoms with E-state index in [0.29, 0.717) is 18.7 Å². The summed E-state index contributed by atoms with van der Waals surface area (Å²) in [6.07, 6.45) is 4.40. The molecule has 0 radical (unpaired) electrons. The van der Waals surface area contributed by atoms with Crippen molar-refractivity contribution in [1.29, 1.82) is 0 Å². The third kappa shape index (κ3) is 4.51. The Morgan fingerprint density at radius 1 is 1.04 bits per heavy atom. The van der Waals surface area contributed by atoms with Crippen LogP contribution in [0.2, 0.25) is 0 Å². The topological polar surface area (TPSA) is 57.4 Å². The van der Waals surface area contributed by atoms with Crippen LogP contribution in [0, 0.1) is 11.6 Å². The van der Waals surface area contributed by atoms with Crippen molar-refractivity contribution in [3.8, 4) is 0 Å². The van der Waals surface area contributed by atoms with E-state index in [1.54, 1.807) is 0 Å². The molecule has 2 fully saturated rings. The van der Waals surface area contributed by atoms with Gasteiger partial charge in [0, 0.05) is 44.8 Å². The largest absolute Gasteiger partial charge is 0.392 e. The predicted molar refractivity (Wildman–Crippen MR) is 95.8 cm³/mol. The van der Waals surface area contributed by atoms with Gasteiger partial charge in [-0.25, -0.2) is 13.5 Å². The van der Waals surface area contributed by atoms with Crippen molar-refractivity contribution in [1.82, 2.24) is 24.8 Å². The molecule has 3 heterocycles. The SMILES string of the molecule is O[C@H]1CCN(Cc2cn(C3CCN(Cc4cc(F)ccc4F)CC3)nn2)C1. The third-order valence-electron chi connectivity index (χ3n) is 5.52. The first-order valence-electron chi connectivity index (χ1n) is 9.54. The zero-order chi connectivity index (χ0) is 18.8. The van der Waals surface area contributed by atoms with Crippen molar-refractivity contribution < 1.29 is 13.9 Å². The van der Waals surface area contributed by atoms with E-state index in [1.807, 2.05) is 10.9 Å².